The van der Waals surface area contributed by atoms with Gasteiger partial charge < -0.3 is 5.11 Å². The van der Waals surface area contributed by atoms with Gasteiger partial charge in [0.1, 0.15) is 5.69 Å². The largest absolute Gasteiger partial charge is 0.478 e. The summed E-state index contributed by atoms with van der Waals surface area (Å²) >= 11 is 1.46. The van der Waals surface area contributed by atoms with Gasteiger partial charge in [0.2, 0.25) is 0 Å². The predicted octanol–water partition coefficient (Wildman–Crippen LogP) is 2.25. The van der Waals surface area contributed by atoms with Crippen LogP contribution in [0.2, 0.25) is 0 Å². The normalized spacial score (nSPS) is 10.4. The molecule has 0 fully saturated rings. The predicted molar refractivity (Wildman–Crippen MR) is 64.1 cm³/mol. The molecule has 1 N–H and O–H groups in total. The van der Waals surface area contributed by atoms with Crippen molar-refractivity contribution in [3.05, 3.63) is 28.3 Å². The first-order valence-electron chi connectivity index (χ1n) is 5.20. The van der Waals surface area contributed by atoms with Gasteiger partial charge in [-0.1, -0.05) is 13.3 Å². The van der Waals surface area contributed by atoms with Crippen molar-refractivity contribution in [3.8, 4) is 11.5 Å². The van der Waals surface area contributed by atoms with Crippen LogP contribution in [0.3, 0.4) is 0 Å². The quantitative estimate of drug-likeness (QED) is 0.899. The van der Waals surface area contributed by atoms with E-state index in [9.17, 15) is 4.79 Å². The lowest BCUT2D eigenvalue weighted by Gasteiger charge is -2.04. The monoisotopic (exact) mass is 249 g/mol. The molecule has 0 aliphatic rings. The van der Waals surface area contributed by atoms with Crippen LogP contribution in [0.5, 0.6) is 0 Å². The van der Waals surface area contributed by atoms with Crippen molar-refractivity contribution >= 4 is 17.3 Å². The molecule has 0 spiro atoms. The Hall–Kier alpha value is -1.82. The van der Waals surface area contributed by atoms with E-state index in [-0.39, 0.29) is 5.56 Å². The number of carboxylic acid groups (broad SMARTS) is 1. The van der Waals surface area contributed by atoms with Crippen molar-refractivity contribution in [2.24, 2.45) is 0 Å². The number of hydrogen-bond donors (Lipinski definition) is 1. The Morgan fingerprint density at radius 3 is 2.88 bits per heavy atom. The fourth-order valence-electron chi connectivity index (χ4n) is 1.47. The lowest BCUT2D eigenvalue weighted by atomic mass is 10.1. The smallest absolute Gasteiger partial charge is 0.339 e. The zero-order valence-electron chi connectivity index (χ0n) is 9.25. The second-order valence-electron chi connectivity index (χ2n) is 3.48. The first kappa shape index (κ1) is 11.7. The van der Waals surface area contributed by atoms with Crippen molar-refractivity contribution in [1.82, 2.24) is 15.0 Å². The molecule has 2 aromatic rings. The third-order valence-corrected chi connectivity index (χ3v) is 2.83. The van der Waals surface area contributed by atoms with E-state index < -0.39 is 5.97 Å². The van der Waals surface area contributed by atoms with E-state index in [1.807, 2.05) is 12.3 Å². The summed E-state index contributed by atoms with van der Waals surface area (Å²) in [7, 11) is 0. The van der Waals surface area contributed by atoms with Gasteiger partial charge in [-0.2, -0.15) is 0 Å². The molecule has 0 radical (unpaired) electrons. The van der Waals surface area contributed by atoms with Gasteiger partial charge in [-0.05, 0) is 6.42 Å². The second kappa shape index (κ2) is 5.01. The number of hydrogen-bond acceptors (Lipinski definition) is 5. The SMILES string of the molecule is CCCc1nc(-c2cscn2)ncc1C(=O)O. The highest BCUT2D eigenvalue weighted by molar-refractivity contribution is 7.07. The van der Waals surface area contributed by atoms with Crippen molar-refractivity contribution in [1.29, 1.82) is 0 Å². The van der Waals surface area contributed by atoms with Crippen LogP contribution in [0.1, 0.15) is 29.4 Å². The standard InChI is InChI=1S/C11H11N3O2S/c1-2-3-8-7(11(15)16)4-12-10(14-8)9-5-17-6-13-9/h4-6H,2-3H2,1H3,(H,15,16). The van der Waals surface area contributed by atoms with Crippen LogP contribution < -0.4 is 0 Å². The molecular weight excluding hydrogens is 238 g/mol. The van der Waals surface area contributed by atoms with E-state index in [1.165, 1.54) is 17.5 Å². The highest BCUT2D eigenvalue weighted by Crippen LogP contribution is 2.17. The fourth-order valence-corrected chi connectivity index (χ4v) is 2.00. The topological polar surface area (TPSA) is 76.0 Å². The first-order chi connectivity index (χ1) is 8.22. The number of carbonyl (C=O) groups is 1. The van der Waals surface area contributed by atoms with Crippen LogP contribution in [-0.2, 0) is 6.42 Å². The maximum Gasteiger partial charge on any atom is 0.339 e. The number of carboxylic acids is 1. The number of aryl methyl sites for hydroxylation is 1. The summed E-state index contributed by atoms with van der Waals surface area (Å²) in [5, 5.41) is 10.9. The third kappa shape index (κ3) is 2.47. The molecule has 2 aromatic heterocycles. The molecule has 0 aromatic carbocycles. The van der Waals surface area contributed by atoms with E-state index in [0.717, 1.165) is 6.42 Å². The van der Waals surface area contributed by atoms with Crippen LogP contribution in [0.4, 0.5) is 0 Å². The molecule has 0 saturated carbocycles. The van der Waals surface area contributed by atoms with Gasteiger partial charge >= 0.3 is 5.97 Å². The second-order valence-corrected chi connectivity index (χ2v) is 4.20. The molecule has 88 valence electrons. The van der Waals surface area contributed by atoms with E-state index in [0.29, 0.717) is 23.6 Å². The van der Waals surface area contributed by atoms with Crippen LogP contribution in [0.15, 0.2) is 17.1 Å². The molecule has 0 atom stereocenters. The van der Waals surface area contributed by atoms with Gasteiger partial charge in [-0.15, -0.1) is 11.3 Å². The minimum Gasteiger partial charge on any atom is -0.478 e. The van der Waals surface area contributed by atoms with E-state index in [1.54, 1.807) is 5.51 Å². The van der Waals surface area contributed by atoms with Crippen molar-refractivity contribution in [3.63, 3.8) is 0 Å². The molecule has 6 heteroatoms. The Morgan fingerprint density at radius 1 is 1.47 bits per heavy atom. The van der Waals surface area contributed by atoms with E-state index in [2.05, 4.69) is 15.0 Å². The molecule has 17 heavy (non-hydrogen) atoms. The average molecular weight is 249 g/mol. The molecule has 0 unspecified atom stereocenters. The number of nitrogens with zero attached hydrogens (tertiary/aromatic N) is 3. The maximum atomic E-state index is 11.0. The maximum absolute atomic E-state index is 11.0. The zero-order valence-corrected chi connectivity index (χ0v) is 10.1. The highest BCUT2D eigenvalue weighted by atomic mass is 32.1. The van der Waals surface area contributed by atoms with Crippen LogP contribution in [0.25, 0.3) is 11.5 Å². The third-order valence-electron chi connectivity index (χ3n) is 2.25. The van der Waals surface area contributed by atoms with Crippen molar-refractivity contribution in [2.75, 3.05) is 0 Å². The van der Waals surface area contributed by atoms with E-state index in [4.69, 9.17) is 5.11 Å². The molecule has 0 bridgehead atoms. The Morgan fingerprint density at radius 2 is 2.29 bits per heavy atom. The number of rotatable bonds is 4. The van der Waals surface area contributed by atoms with Gasteiger partial charge in [-0.25, -0.2) is 19.7 Å². The first-order valence-corrected chi connectivity index (χ1v) is 6.14. The van der Waals surface area contributed by atoms with Gasteiger partial charge in [-0.3, -0.25) is 0 Å². The summed E-state index contributed by atoms with van der Waals surface area (Å²) in [5.41, 5.74) is 3.12. The van der Waals surface area contributed by atoms with Crippen LogP contribution >= 0.6 is 11.3 Å². The molecule has 0 aliphatic carbocycles. The van der Waals surface area contributed by atoms with Crippen LogP contribution in [0, 0.1) is 0 Å². The molecule has 5 nitrogen and oxygen atoms in total. The Labute approximate surface area is 102 Å². The molecule has 0 saturated heterocycles. The van der Waals surface area contributed by atoms with Gasteiger partial charge in [0, 0.05) is 11.6 Å². The number of aromatic carboxylic acids is 1. The number of thiazole rings is 1. The van der Waals surface area contributed by atoms with Gasteiger partial charge in [0.15, 0.2) is 5.82 Å². The van der Waals surface area contributed by atoms with Gasteiger partial charge in [0.05, 0.1) is 16.8 Å². The molecule has 2 heterocycles. The summed E-state index contributed by atoms with van der Waals surface area (Å²) < 4.78 is 0. The Bertz CT molecular complexity index is 526. The highest BCUT2D eigenvalue weighted by Gasteiger charge is 2.14. The summed E-state index contributed by atoms with van der Waals surface area (Å²) in [6, 6.07) is 0. The van der Waals surface area contributed by atoms with Gasteiger partial charge in [0.25, 0.3) is 0 Å². The van der Waals surface area contributed by atoms with Crippen molar-refractivity contribution in [2.45, 2.75) is 19.8 Å². The summed E-state index contributed by atoms with van der Waals surface area (Å²) in [5.74, 6) is -0.502. The summed E-state index contributed by atoms with van der Waals surface area (Å²) in [6.07, 6.45) is 2.82. The molecule has 2 rings (SSSR count). The fraction of sp³-hybridized carbons (Fsp3) is 0.273. The average Bonchev–Trinajstić information content (AvgIpc) is 2.82. The lowest BCUT2D eigenvalue weighted by molar-refractivity contribution is 0.0694. The summed E-state index contributed by atoms with van der Waals surface area (Å²) in [6.45, 7) is 1.98. The Kier molecular flexibility index (Phi) is 3.43. The number of aromatic nitrogens is 3. The minimum absolute atomic E-state index is 0.172. The molecular formula is C11H11N3O2S. The van der Waals surface area contributed by atoms with Crippen LogP contribution in [-0.4, -0.2) is 26.0 Å². The molecule has 0 aliphatic heterocycles. The summed E-state index contributed by atoms with van der Waals surface area (Å²) in [4.78, 5) is 23.4. The zero-order chi connectivity index (χ0) is 12.3. The van der Waals surface area contributed by atoms with Crippen molar-refractivity contribution < 1.29 is 9.90 Å². The lowest BCUT2D eigenvalue weighted by Crippen LogP contribution is -2.07. The minimum atomic E-state index is -0.988. The molecule has 0 amide bonds. The Balaban J connectivity index is 2.45. The van der Waals surface area contributed by atoms with E-state index >= 15 is 0 Å².